The molecule has 1 amide bonds. The highest BCUT2D eigenvalue weighted by Gasteiger charge is 2.53. The van der Waals surface area contributed by atoms with Gasteiger partial charge in [-0.1, -0.05) is 0 Å². The van der Waals surface area contributed by atoms with Crippen LogP contribution in [0, 0.1) is 5.82 Å². The summed E-state index contributed by atoms with van der Waals surface area (Å²) in [6, 6.07) is 5.05. The molecule has 0 radical (unpaired) electrons. The second-order valence-corrected chi connectivity index (χ2v) is 5.72. The molecule has 4 rings (SSSR count). The second-order valence-electron chi connectivity index (χ2n) is 5.72. The van der Waals surface area contributed by atoms with Gasteiger partial charge in [0.2, 0.25) is 5.91 Å². The number of H-pyrrole nitrogens is 1. The molecule has 2 N–H and O–H groups in total. The van der Waals surface area contributed by atoms with Crippen molar-refractivity contribution in [2.75, 3.05) is 0 Å². The van der Waals surface area contributed by atoms with Gasteiger partial charge in [0.1, 0.15) is 5.82 Å². The number of aromatic nitrogens is 1. The third-order valence-corrected chi connectivity index (χ3v) is 4.26. The van der Waals surface area contributed by atoms with Crippen LogP contribution in [-0.4, -0.2) is 16.9 Å². The highest BCUT2D eigenvalue weighted by molar-refractivity contribution is 5.97. The van der Waals surface area contributed by atoms with Crippen molar-refractivity contribution in [3.8, 4) is 0 Å². The van der Waals surface area contributed by atoms with Gasteiger partial charge in [-0.15, -0.1) is 0 Å². The summed E-state index contributed by atoms with van der Waals surface area (Å²) in [6.07, 6.45) is 5.75. The van der Waals surface area contributed by atoms with E-state index in [-0.39, 0.29) is 11.7 Å². The molecule has 0 spiro atoms. The molecule has 0 aliphatic heterocycles. The van der Waals surface area contributed by atoms with Gasteiger partial charge in [-0.25, -0.2) is 4.39 Å². The van der Waals surface area contributed by atoms with Gasteiger partial charge < -0.3 is 10.3 Å². The SMILES string of the molecule is O=C(NC1CC1)C1(c2c[nH]c3ccc(F)cc23)CC1. The number of carbonyl (C=O) groups excluding carboxylic acids is 1. The first-order valence-electron chi connectivity index (χ1n) is 6.77. The van der Waals surface area contributed by atoms with Crippen LogP contribution in [0.5, 0.6) is 0 Å². The van der Waals surface area contributed by atoms with Crippen LogP contribution in [0.3, 0.4) is 0 Å². The van der Waals surface area contributed by atoms with Crippen molar-refractivity contribution < 1.29 is 9.18 Å². The molecule has 2 fully saturated rings. The summed E-state index contributed by atoms with van der Waals surface area (Å²) in [5.41, 5.74) is 1.41. The Bertz CT molecular complexity index is 668. The predicted molar refractivity (Wildman–Crippen MR) is 70.3 cm³/mol. The Morgan fingerprint density at radius 1 is 1.37 bits per heavy atom. The number of hydrogen-bond donors (Lipinski definition) is 2. The van der Waals surface area contributed by atoms with Crippen molar-refractivity contribution in [3.63, 3.8) is 0 Å². The zero-order valence-corrected chi connectivity index (χ0v) is 10.5. The maximum Gasteiger partial charge on any atom is 0.230 e. The van der Waals surface area contributed by atoms with E-state index >= 15 is 0 Å². The molecule has 0 bridgehead atoms. The molecule has 2 aliphatic rings. The summed E-state index contributed by atoms with van der Waals surface area (Å²) in [6.45, 7) is 0. The summed E-state index contributed by atoms with van der Waals surface area (Å²) < 4.78 is 13.4. The Labute approximate surface area is 110 Å². The Morgan fingerprint density at radius 3 is 2.84 bits per heavy atom. The Kier molecular flexibility index (Phi) is 2.08. The van der Waals surface area contributed by atoms with Gasteiger partial charge in [0, 0.05) is 23.1 Å². The third kappa shape index (κ3) is 1.66. The van der Waals surface area contributed by atoms with Gasteiger partial charge in [0.25, 0.3) is 0 Å². The van der Waals surface area contributed by atoms with Crippen LogP contribution in [0.25, 0.3) is 10.9 Å². The van der Waals surface area contributed by atoms with E-state index < -0.39 is 5.41 Å². The van der Waals surface area contributed by atoms with E-state index in [2.05, 4.69) is 10.3 Å². The summed E-state index contributed by atoms with van der Waals surface area (Å²) in [5.74, 6) is -0.146. The lowest BCUT2D eigenvalue weighted by Gasteiger charge is -2.14. The minimum atomic E-state index is -0.422. The number of hydrogen-bond acceptors (Lipinski definition) is 1. The number of amides is 1. The number of benzene rings is 1. The van der Waals surface area contributed by atoms with E-state index in [4.69, 9.17) is 0 Å². The number of rotatable bonds is 3. The highest BCUT2D eigenvalue weighted by Crippen LogP contribution is 2.51. The molecule has 2 saturated carbocycles. The Balaban J connectivity index is 1.76. The minimum Gasteiger partial charge on any atom is -0.361 e. The zero-order chi connectivity index (χ0) is 13.0. The number of aromatic amines is 1. The average molecular weight is 258 g/mol. The number of carbonyl (C=O) groups is 1. The van der Waals surface area contributed by atoms with Gasteiger partial charge in [-0.05, 0) is 49.4 Å². The first-order valence-corrected chi connectivity index (χ1v) is 6.77. The predicted octanol–water partition coefficient (Wildman–Crippen LogP) is 2.62. The number of fused-ring (bicyclic) bond motifs is 1. The molecule has 0 saturated heterocycles. The molecule has 1 aromatic carbocycles. The smallest absolute Gasteiger partial charge is 0.230 e. The molecule has 98 valence electrons. The topological polar surface area (TPSA) is 44.9 Å². The van der Waals surface area contributed by atoms with Gasteiger partial charge in [-0.2, -0.15) is 0 Å². The maximum atomic E-state index is 13.4. The van der Waals surface area contributed by atoms with Crippen LogP contribution in [0.2, 0.25) is 0 Å². The highest BCUT2D eigenvalue weighted by atomic mass is 19.1. The van der Waals surface area contributed by atoms with E-state index in [0.717, 1.165) is 42.1 Å². The van der Waals surface area contributed by atoms with Gasteiger partial charge >= 0.3 is 0 Å². The normalized spacial score (nSPS) is 20.5. The number of nitrogens with one attached hydrogen (secondary N) is 2. The summed E-state index contributed by atoms with van der Waals surface area (Å²) >= 11 is 0. The fourth-order valence-corrected chi connectivity index (χ4v) is 2.78. The molecule has 19 heavy (non-hydrogen) atoms. The Hall–Kier alpha value is -1.84. The standard InChI is InChI=1S/C15H15FN2O/c16-9-1-4-13-11(7-9)12(8-17-13)15(5-6-15)14(19)18-10-2-3-10/h1,4,7-8,10,17H,2-3,5-6H2,(H,18,19). The van der Waals surface area contributed by atoms with Gasteiger partial charge in [0.05, 0.1) is 5.41 Å². The second kappa shape index (κ2) is 3.59. The molecule has 2 aliphatic carbocycles. The first-order chi connectivity index (χ1) is 9.19. The van der Waals surface area contributed by atoms with Crippen molar-refractivity contribution in [1.82, 2.24) is 10.3 Å². The Morgan fingerprint density at radius 2 is 2.16 bits per heavy atom. The monoisotopic (exact) mass is 258 g/mol. The van der Waals surface area contributed by atoms with E-state index in [1.54, 1.807) is 6.07 Å². The van der Waals surface area contributed by atoms with Crippen LogP contribution < -0.4 is 5.32 Å². The zero-order valence-electron chi connectivity index (χ0n) is 10.5. The average Bonchev–Trinajstić information content (AvgIpc) is 3.29. The largest absolute Gasteiger partial charge is 0.361 e. The van der Waals surface area contributed by atoms with Crippen molar-refractivity contribution in [2.45, 2.75) is 37.1 Å². The molecule has 0 unspecified atom stereocenters. The van der Waals surface area contributed by atoms with E-state index in [0.29, 0.717) is 6.04 Å². The molecular formula is C15H15FN2O. The van der Waals surface area contributed by atoms with Crippen LogP contribution in [0.15, 0.2) is 24.4 Å². The van der Waals surface area contributed by atoms with E-state index in [1.807, 2.05) is 6.20 Å². The lowest BCUT2D eigenvalue weighted by Crippen LogP contribution is -2.35. The van der Waals surface area contributed by atoms with Gasteiger partial charge in [-0.3, -0.25) is 4.79 Å². The summed E-state index contributed by atoms with van der Waals surface area (Å²) in [7, 11) is 0. The van der Waals surface area contributed by atoms with Crippen molar-refractivity contribution in [1.29, 1.82) is 0 Å². The lowest BCUT2D eigenvalue weighted by molar-refractivity contribution is -0.123. The van der Waals surface area contributed by atoms with Crippen molar-refractivity contribution >= 4 is 16.8 Å². The molecule has 2 aromatic rings. The number of halogens is 1. The quantitative estimate of drug-likeness (QED) is 0.873. The van der Waals surface area contributed by atoms with E-state index in [1.165, 1.54) is 12.1 Å². The molecular weight excluding hydrogens is 243 g/mol. The van der Waals surface area contributed by atoms with Crippen LogP contribution >= 0.6 is 0 Å². The van der Waals surface area contributed by atoms with Crippen molar-refractivity contribution in [3.05, 3.63) is 35.8 Å². The summed E-state index contributed by atoms with van der Waals surface area (Å²) in [4.78, 5) is 15.5. The molecule has 1 heterocycles. The molecule has 3 nitrogen and oxygen atoms in total. The fraction of sp³-hybridized carbons (Fsp3) is 0.400. The third-order valence-electron chi connectivity index (χ3n) is 4.26. The van der Waals surface area contributed by atoms with E-state index in [9.17, 15) is 9.18 Å². The minimum absolute atomic E-state index is 0.111. The van der Waals surface area contributed by atoms with Crippen LogP contribution in [-0.2, 0) is 10.2 Å². The molecule has 4 heteroatoms. The van der Waals surface area contributed by atoms with Crippen LogP contribution in [0.1, 0.15) is 31.2 Å². The molecule has 0 atom stereocenters. The lowest BCUT2D eigenvalue weighted by atomic mass is 9.94. The van der Waals surface area contributed by atoms with Crippen LogP contribution in [0.4, 0.5) is 4.39 Å². The van der Waals surface area contributed by atoms with Crippen molar-refractivity contribution in [2.24, 2.45) is 0 Å². The fourth-order valence-electron chi connectivity index (χ4n) is 2.78. The maximum absolute atomic E-state index is 13.4. The molecule has 1 aromatic heterocycles. The van der Waals surface area contributed by atoms with Gasteiger partial charge in [0.15, 0.2) is 0 Å². The first kappa shape index (κ1) is 11.0. The summed E-state index contributed by atoms with van der Waals surface area (Å²) in [5, 5.41) is 3.91.